The number of hydrogen-bond donors (Lipinski definition) is 1. The van der Waals surface area contributed by atoms with Gasteiger partial charge in [-0.1, -0.05) is 11.6 Å². The van der Waals surface area contributed by atoms with E-state index in [1.165, 1.54) is 18.5 Å². The highest BCUT2D eigenvalue weighted by Gasteiger charge is 2.51. The van der Waals surface area contributed by atoms with Crippen LogP contribution in [0.1, 0.15) is 27.7 Å². The van der Waals surface area contributed by atoms with E-state index in [4.69, 9.17) is 26.6 Å². The van der Waals surface area contributed by atoms with Gasteiger partial charge in [-0.2, -0.15) is 4.39 Å². The Balaban J connectivity index is 2.03. The van der Waals surface area contributed by atoms with E-state index in [0.717, 1.165) is 0 Å². The van der Waals surface area contributed by atoms with Crippen molar-refractivity contribution in [3.63, 3.8) is 0 Å². The Labute approximate surface area is 145 Å². The highest BCUT2D eigenvalue weighted by atomic mass is 35.5. The van der Waals surface area contributed by atoms with Crippen LogP contribution < -0.4 is 11.2 Å². The minimum Gasteiger partial charge on any atom is -0.399 e. The highest BCUT2D eigenvalue weighted by molar-refractivity contribution is 6.62. The monoisotopic (exact) mass is 349 g/mol. The fourth-order valence-electron chi connectivity index (χ4n) is 2.43. The number of nitrogen functional groups attached to an aromatic ring is 1. The molecule has 2 N–H and O–H groups in total. The Bertz CT molecular complexity index is 785. The molecular weight excluding hydrogens is 331 g/mol. The van der Waals surface area contributed by atoms with Crippen molar-refractivity contribution in [3.8, 4) is 11.1 Å². The Morgan fingerprint density at radius 1 is 1.04 bits per heavy atom. The number of nitrogens with zero attached hydrogens (tertiary/aromatic N) is 2. The molecule has 126 valence electrons. The standard InChI is InChI=1S/C16H18BClFN3O2/c1-15(2)16(3,4)24-17(23-15)9-5-11(14(19)22-7-9)10-6-13(18)21-8-12(10)20/h5-8H,20H2,1-4H3. The third kappa shape index (κ3) is 2.87. The normalized spacial score (nSPS) is 18.8. The zero-order valence-corrected chi connectivity index (χ0v) is 14.7. The molecule has 0 atom stereocenters. The number of aromatic nitrogens is 2. The van der Waals surface area contributed by atoms with E-state index in [1.807, 2.05) is 27.7 Å². The molecule has 0 saturated carbocycles. The van der Waals surface area contributed by atoms with Crippen LogP contribution >= 0.6 is 11.6 Å². The largest absolute Gasteiger partial charge is 0.496 e. The molecule has 3 rings (SSSR count). The van der Waals surface area contributed by atoms with Crippen molar-refractivity contribution in [2.75, 3.05) is 5.73 Å². The van der Waals surface area contributed by atoms with Gasteiger partial charge in [-0.3, -0.25) is 0 Å². The molecule has 24 heavy (non-hydrogen) atoms. The summed E-state index contributed by atoms with van der Waals surface area (Å²) in [7, 11) is -0.639. The Hall–Kier alpha value is -1.70. The van der Waals surface area contributed by atoms with E-state index in [0.29, 0.717) is 16.7 Å². The molecule has 1 saturated heterocycles. The molecule has 1 fully saturated rings. The summed E-state index contributed by atoms with van der Waals surface area (Å²) in [6.45, 7) is 7.80. The first-order valence-electron chi connectivity index (χ1n) is 7.53. The lowest BCUT2D eigenvalue weighted by molar-refractivity contribution is 0.00578. The van der Waals surface area contributed by atoms with Crippen molar-refractivity contribution in [3.05, 3.63) is 35.6 Å². The first kappa shape index (κ1) is 17.1. The second-order valence-electron chi connectivity index (χ2n) is 6.79. The predicted molar refractivity (Wildman–Crippen MR) is 92.6 cm³/mol. The predicted octanol–water partition coefficient (Wildman–Crippen LogP) is 2.82. The van der Waals surface area contributed by atoms with Crippen LogP contribution in [0.3, 0.4) is 0 Å². The summed E-state index contributed by atoms with van der Waals surface area (Å²) in [5.41, 5.74) is 6.49. The van der Waals surface area contributed by atoms with Gasteiger partial charge in [0.15, 0.2) is 0 Å². The van der Waals surface area contributed by atoms with E-state index in [2.05, 4.69) is 9.97 Å². The van der Waals surface area contributed by atoms with E-state index in [9.17, 15) is 4.39 Å². The molecule has 3 heterocycles. The van der Waals surface area contributed by atoms with Gasteiger partial charge in [0.05, 0.1) is 23.1 Å². The van der Waals surface area contributed by atoms with Crippen LogP contribution in [0.2, 0.25) is 5.15 Å². The molecule has 2 aromatic rings. The smallest absolute Gasteiger partial charge is 0.399 e. The van der Waals surface area contributed by atoms with Crippen LogP contribution in [0.5, 0.6) is 0 Å². The highest BCUT2D eigenvalue weighted by Crippen LogP contribution is 2.37. The molecule has 0 amide bonds. The van der Waals surface area contributed by atoms with Gasteiger partial charge in [-0.05, 0) is 39.8 Å². The Morgan fingerprint density at radius 2 is 1.67 bits per heavy atom. The number of anilines is 1. The molecular formula is C16H18BClFN3O2. The van der Waals surface area contributed by atoms with Crippen molar-refractivity contribution in [2.24, 2.45) is 0 Å². The molecule has 0 aliphatic carbocycles. The number of pyridine rings is 2. The van der Waals surface area contributed by atoms with E-state index in [1.54, 1.807) is 6.07 Å². The average molecular weight is 350 g/mol. The lowest BCUT2D eigenvalue weighted by Gasteiger charge is -2.32. The summed E-state index contributed by atoms with van der Waals surface area (Å²) in [5, 5.41) is 0.222. The van der Waals surface area contributed by atoms with Gasteiger partial charge >= 0.3 is 7.12 Å². The van der Waals surface area contributed by atoms with Crippen LogP contribution in [-0.2, 0) is 9.31 Å². The van der Waals surface area contributed by atoms with Crippen molar-refractivity contribution < 1.29 is 13.7 Å². The van der Waals surface area contributed by atoms with Crippen LogP contribution in [0.15, 0.2) is 24.5 Å². The van der Waals surface area contributed by atoms with Gasteiger partial charge in [0.25, 0.3) is 0 Å². The van der Waals surface area contributed by atoms with Crippen molar-refractivity contribution >= 4 is 29.9 Å². The van der Waals surface area contributed by atoms with Gasteiger partial charge < -0.3 is 15.0 Å². The van der Waals surface area contributed by atoms with Gasteiger partial charge in [-0.25, -0.2) is 9.97 Å². The third-order valence-electron chi connectivity index (χ3n) is 4.58. The fourth-order valence-corrected chi connectivity index (χ4v) is 2.59. The van der Waals surface area contributed by atoms with Crippen LogP contribution in [0, 0.1) is 5.95 Å². The van der Waals surface area contributed by atoms with Crippen molar-refractivity contribution in [1.82, 2.24) is 9.97 Å². The maximum absolute atomic E-state index is 14.2. The number of halogens is 2. The maximum atomic E-state index is 14.2. The Morgan fingerprint density at radius 3 is 2.29 bits per heavy atom. The number of hydrogen-bond acceptors (Lipinski definition) is 5. The van der Waals surface area contributed by atoms with E-state index < -0.39 is 24.3 Å². The maximum Gasteiger partial charge on any atom is 0.496 e. The molecule has 0 unspecified atom stereocenters. The van der Waals surface area contributed by atoms with Gasteiger partial charge in [0, 0.05) is 22.8 Å². The molecule has 0 bridgehead atoms. The molecule has 0 aromatic carbocycles. The summed E-state index contributed by atoms with van der Waals surface area (Å²) >= 11 is 5.90. The summed E-state index contributed by atoms with van der Waals surface area (Å²) in [6, 6.07) is 3.12. The second-order valence-corrected chi connectivity index (χ2v) is 7.18. The average Bonchev–Trinajstić information content (AvgIpc) is 2.71. The number of nitrogens with two attached hydrogens (primary N) is 1. The van der Waals surface area contributed by atoms with Gasteiger partial charge in [0.1, 0.15) is 5.15 Å². The third-order valence-corrected chi connectivity index (χ3v) is 4.78. The lowest BCUT2D eigenvalue weighted by Crippen LogP contribution is -2.41. The quantitative estimate of drug-likeness (QED) is 0.667. The second kappa shape index (κ2) is 5.69. The Kier molecular flexibility index (Phi) is 4.06. The molecule has 8 heteroatoms. The zero-order chi connectivity index (χ0) is 17.7. The molecule has 0 radical (unpaired) electrons. The molecule has 5 nitrogen and oxygen atoms in total. The fraction of sp³-hybridized carbons (Fsp3) is 0.375. The molecule has 1 aliphatic rings. The summed E-state index contributed by atoms with van der Waals surface area (Å²) < 4.78 is 26.2. The van der Waals surface area contributed by atoms with Crippen molar-refractivity contribution in [1.29, 1.82) is 0 Å². The van der Waals surface area contributed by atoms with Crippen LogP contribution in [0.25, 0.3) is 11.1 Å². The summed E-state index contributed by atoms with van der Waals surface area (Å²) in [4.78, 5) is 7.70. The van der Waals surface area contributed by atoms with Gasteiger partial charge in [-0.15, -0.1) is 0 Å². The molecule has 2 aromatic heterocycles. The van der Waals surface area contributed by atoms with E-state index >= 15 is 0 Å². The van der Waals surface area contributed by atoms with Crippen LogP contribution in [0.4, 0.5) is 10.1 Å². The lowest BCUT2D eigenvalue weighted by atomic mass is 9.79. The number of rotatable bonds is 2. The first-order valence-corrected chi connectivity index (χ1v) is 7.91. The molecule has 0 spiro atoms. The van der Waals surface area contributed by atoms with E-state index in [-0.39, 0.29) is 10.7 Å². The first-order chi connectivity index (χ1) is 11.1. The van der Waals surface area contributed by atoms with Crippen LogP contribution in [-0.4, -0.2) is 28.3 Å². The van der Waals surface area contributed by atoms with Crippen molar-refractivity contribution in [2.45, 2.75) is 38.9 Å². The zero-order valence-electron chi connectivity index (χ0n) is 13.9. The SMILES string of the molecule is CC1(C)OB(c2cnc(F)c(-c3cc(Cl)ncc3N)c2)OC1(C)C. The summed E-state index contributed by atoms with van der Waals surface area (Å²) in [5.74, 6) is -0.649. The minimum absolute atomic E-state index is 0.222. The minimum atomic E-state index is -0.649. The topological polar surface area (TPSA) is 70.3 Å². The summed E-state index contributed by atoms with van der Waals surface area (Å²) in [6.07, 6.45) is 2.79. The molecule has 1 aliphatic heterocycles. The van der Waals surface area contributed by atoms with Gasteiger partial charge in [0.2, 0.25) is 5.95 Å².